The van der Waals surface area contributed by atoms with Gasteiger partial charge in [-0.1, -0.05) is 11.2 Å². The van der Waals surface area contributed by atoms with Crippen LogP contribution in [0.3, 0.4) is 0 Å². The highest BCUT2D eigenvalue weighted by atomic mass is 16.5. The van der Waals surface area contributed by atoms with Gasteiger partial charge >= 0.3 is 0 Å². The van der Waals surface area contributed by atoms with Crippen molar-refractivity contribution in [2.75, 3.05) is 0 Å². The minimum atomic E-state index is -0.0127. The average Bonchev–Trinajstić information content (AvgIpc) is 2.43. The lowest BCUT2D eigenvalue weighted by Gasteiger charge is -2.10. The molecular weight excluding hydrogens is 242 g/mol. The van der Waals surface area contributed by atoms with Crippen LogP contribution in [0, 0.1) is 13.8 Å². The molecule has 0 saturated carbocycles. The molecule has 0 spiro atoms. The Labute approximate surface area is 111 Å². The number of pyridine rings is 1. The Bertz CT molecular complexity index is 624. The number of ether oxygens (including phenoxy) is 1. The highest BCUT2D eigenvalue weighted by molar-refractivity contribution is 5.99. The van der Waals surface area contributed by atoms with Crippen molar-refractivity contribution >= 4 is 5.84 Å². The van der Waals surface area contributed by atoms with Gasteiger partial charge in [0.25, 0.3) is 0 Å². The summed E-state index contributed by atoms with van der Waals surface area (Å²) in [5.74, 6) is 1.12. The molecule has 1 aromatic carbocycles. The van der Waals surface area contributed by atoms with Gasteiger partial charge in [0.2, 0.25) is 0 Å². The molecule has 5 heteroatoms. The summed E-state index contributed by atoms with van der Waals surface area (Å²) in [6, 6.07) is 7.40. The molecule has 5 nitrogen and oxygen atoms in total. The number of rotatable bonds is 3. The fraction of sp³-hybridized carbons (Fsp3) is 0.143. The predicted octanol–water partition coefficient (Wildman–Crippen LogP) is 2.59. The Kier molecular flexibility index (Phi) is 3.66. The molecule has 2 rings (SSSR count). The van der Waals surface area contributed by atoms with Gasteiger partial charge in [0, 0.05) is 6.20 Å². The predicted molar refractivity (Wildman–Crippen MR) is 72.7 cm³/mol. The van der Waals surface area contributed by atoms with Crippen LogP contribution in [0.5, 0.6) is 11.5 Å². The van der Waals surface area contributed by atoms with E-state index in [-0.39, 0.29) is 5.84 Å². The molecule has 0 amide bonds. The molecule has 0 aliphatic carbocycles. The molecular formula is C14H15N3O2. The van der Waals surface area contributed by atoms with Crippen LogP contribution >= 0.6 is 0 Å². The second kappa shape index (κ2) is 5.39. The van der Waals surface area contributed by atoms with Gasteiger partial charge in [-0.05, 0) is 43.2 Å². The lowest BCUT2D eigenvalue weighted by molar-refractivity contribution is 0.318. The first-order valence-corrected chi connectivity index (χ1v) is 5.79. The van der Waals surface area contributed by atoms with Crippen molar-refractivity contribution < 1.29 is 9.94 Å². The first-order valence-electron chi connectivity index (χ1n) is 5.79. The monoisotopic (exact) mass is 257 g/mol. The quantitative estimate of drug-likeness (QED) is 0.383. The molecule has 0 saturated heterocycles. The third-order valence-corrected chi connectivity index (χ3v) is 2.87. The minimum Gasteiger partial charge on any atom is -0.455 e. The lowest BCUT2D eigenvalue weighted by atomic mass is 10.1. The van der Waals surface area contributed by atoms with Crippen LogP contribution in [-0.4, -0.2) is 16.0 Å². The van der Waals surface area contributed by atoms with E-state index in [0.717, 1.165) is 5.56 Å². The van der Waals surface area contributed by atoms with E-state index in [9.17, 15) is 0 Å². The third kappa shape index (κ3) is 2.82. The number of oxime groups is 1. The summed E-state index contributed by atoms with van der Waals surface area (Å²) in [6.45, 7) is 4.04. The van der Waals surface area contributed by atoms with E-state index in [4.69, 9.17) is 15.7 Å². The number of aryl methyl sites for hydroxylation is 2. The summed E-state index contributed by atoms with van der Waals surface area (Å²) in [6.07, 6.45) is 3.09. The zero-order valence-corrected chi connectivity index (χ0v) is 10.8. The number of amidine groups is 1. The molecule has 0 bridgehead atoms. The van der Waals surface area contributed by atoms with Crippen molar-refractivity contribution in [1.29, 1.82) is 0 Å². The van der Waals surface area contributed by atoms with Crippen molar-refractivity contribution in [3.05, 3.63) is 53.3 Å². The third-order valence-electron chi connectivity index (χ3n) is 2.87. The molecule has 0 unspecified atom stereocenters. The van der Waals surface area contributed by atoms with E-state index in [1.165, 1.54) is 11.8 Å². The largest absolute Gasteiger partial charge is 0.455 e. The summed E-state index contributed by atoms with van der Waals surface area (Å²) in [4.78, 5) is 3.98. The Balaban J connectivity index is 2.35. The molecule has 0 radical (unpaired) electrons. The van der Waals surface area contributed by atoms with Crippen LogP contribution in [0.2, 0.25) is 0 Å². The van der Waals surface area contributed by atoms with Gasteiger partial charge in [-0.25, -0.2) is 0 Å². The maximum atomic E-state index is 8.75. The Morgan fingerprint density at radius 2 is 2.05 bits per heavy atom. The number of nitrogens with two attached hydrogens (primary N) is 1. The molecule has 2 aromatic rings. The second-order valence-corrected chi connectivity index (χ2v) is 4.21. The fourth-order valence-electron chi connectivity index (χ4n) is 1.63. The summed E-state index contributed by atoms with van der Waals surface area (Å²) in [7, 11) is 0. The summed E-state index contributed by atoms with van der Waals surface area (Å²) in [5, 5.41) is 11.7. The first kappa shape index (κ1) is 12.9. The Hall–Kier alpha value is -2.56. The highest BCUT2D eigenvalue weighted by Crippen LogP contribution is 2.25. The fourth-order valence-corrected chi connectivity index (χ4v) is 1.63. The standard InChI is InChI=1S/C14H15N3O2/c1-9-3-4-11(7-10(9)2)19-13-8-16-6-5-12(13)14(15)17-18/h3-8,18H,1-2H3,(H2,15,17). The number of benzene rings is 1. The van der Waals surface area contributed by atoms with E-state index >= 15 is 0 Å². The molecule has 19 heavy (non-hydrogen) atoms. The molecule has 1 aromatic heterocycles. The van der Waals surface area contributed by atoms with Crippen molar-refractivity contribution in [3.8, 4) is 11.5 Å². The van der Waals surface area contributed by atoms with Crippen LogP contribution in [0.25, 0.3) is 0 Å². The van der Waals surface area contributed by atoms with Crippen LogP contribution in [-0.2, 0) is 0 Å². The summed E-state index contributed by atoms with van der Waals surface area (Å²) < 4.78 is 5.73. The number of nitrogens with zero attached hydrogens (tertiary/aromatic N) is 2. The van der Waals surface area contributed by atoms with Crippen molar-refractivity contribution in [2.24, 2.45) is 10.9 Å². The lowest BCUT2D eigenvalue weighted by Crippen LogP contribution is -2.14. The summed E-state index contributed by atoms with van der Waals surface area (Å²) in [5.41, 5.74) is 8.41. The van der Waals surface area contributed by atoms with Crippen molar-refractivity contribution in [2.45, 2.75) is 13.8 Å². The zero-order chi connectivity index (χ0) is 13.8. The van der Waals surface area contributed by atoms with Crippen LogP contribution in [0.1, 0.15) is 16.7 Å². The minimum absolute atomic E-state index is 0.0127. The van der Waals surface area contributed by atoms with Gasteiger partial charge in [-0.15, -0.1) is 0 Å². The molecule has 0 aliphatic heterocycles. The van der Waals surface area contributed by atoms with E-state index in [2.05, 4.69) is 10.1 Å². The number of hydrogen-bond donors (Lipinski definition) is 2. The molecule has 0 atom stereocenters. The van der Waals surface area contributed by atoms with Gasteiger partial charge in [-0.3, -0.25) is 4.98 Å². The van der Waals surface area contributed by atoms with Crippen LogP contribution in [0.4, 0.5) is 0 Å². The van der Waals surface area contributed by atoms with Gasteiger partial charge in [0.05, 0.1) is 11.8 Å². The maximum absolute atomic E-state index is 8.75. The van der Waals surface area contributed by atoms with Crippen molar-refractivity contribution in [3.63, 3.8) is 0 Å². The Morgan fingerprint density at radius 1 is 1.26 bits per heavy atom. The van der Waals surface area contributed by atoms with Gasteiger partial charge in [0.1, 0.15) is 5.75 Å². The summed E-state index contributed by atoms with van der Waals surface area (Å²) >= 11 is 0. The molecule has 3 N–H and O–H groups in total. The highest BCUT2D eigenvalue weighted by Gasteiger charge is 2.09. The van der Waals surface area contributed by atoms with Gasteiger partial charge in [-0.2, -0.15) is 0 Å². The normalized spacial score (nSPS) is 11.4. The van der Waals surface area contributed by atoms with Gasteiger partial charge in [0.15, 0.2) is 11.6 Å². The van der Waals surface area contributed by atoms with E-state index < -0.39 is 0 Å². The molecule has 1 heterocycles. The smallest absolute Gasteiger partial charge is 0.173 e. The Morgan fingerprint density at radius 3 is 2.74 bits per heavy atom. The topological polar surface area (TPSA) is 80.7 Å². The zero-order valence-electron chi connectivity index (χ0n) is 10.8. The second-order valence-electron chi connectivity index (χ2n) is 4.21. The maximum Gasteiger partial charge on any atom is 0.173 e. The van der Waals surface area contributed by atoms with E-state index in [1.54, 1.807) is 12.3 Å². The number of hydrogen-bond acceptors (Lipinski definition) is 4. The van der Waals surface area contributed by atoms with Crippen LogP contribution < -0.4 is 10.5 Å². The van der Waals surface area contributed by atoms with E-state index in [0.29, 0.717) is 17.1 Å². The van der Waals surface area contributed by atoms with Crippen LogP contribution in [0.15, 0.2) is 41.8 Å². The SMILES string of the molecule is Cc1ccc(Oc2cnccc2/C(N)=N/O)cc1C. The molecule has 0 fully saturated rings. The molecule has 0 aliphatic rings. The number of aromatic nitrogens is 1. The van der Waals surface area contributed by atoms with Crippen molar-refractivity contribution in [1.82, 2.24) is 4.98 Å². The van der Waals surface area contributed by atoms with E-state index in [1.807, 2.05) is 32.0 Å². The first-order chi connectivity index (χ1) is 9.11. The average molecular weight is 257 g/mol. The van der Waals surface area contributed by atoms with Gasteiger partial charge < -0.3 is 15.7 Å². The molecule has 98 valence electrons.